The maximum absolute atomic E-state index is 5.80. The molecule has 0 aliphatic carbocycles. The Morgan fingerprint density at radius 1 is 1.23 bits per heavy atom. The SMILES string of the molecule is CCCCCCCc1ccsc1N. The van der Waals surface area contributed by atoms with Gasteiger partial charge in [0.15, 0.2) is 0 Å². The van der Waals surface area contributed by atoms with Gasteiger partial charge in [0.25, 0.3) is 0 Å². The topological polar surface area (TPSA) is 26.0 Å². The number of aryl methyl sites for hydroxylation is 1. The molecule has 0 bridgehead atoms. The van der Waals surface area contributed by atoms with Gasteiger partial charge >= 0.3 is 0 Å². The highest BCUT2D eigenvalue weighted by molar-refractivity contribution is 7.14. The molecule has 0 aliphatic rings. The summed E-state index contributed by atoms with van der Waals surface area (Å²) in [5, 5.41) is 3.09. The number of nitrogens with two attached hydrogens (primary N) is 1. The first kappa shape index (κ1) is 10.6. The van der Waals surface area contributed by atoms with Gasteiger partial charge in [-0.15, -0.1) is 11.3 Å². The van der Waals surface area contributed by atoms with Gasteiger partial charge in [-0.2, -0.15) is 0 Å². The average Bonchev–Trinajstić information content (AvgIpc) is 2.52. The zero-order valence-electron chi connectivity index (χ0n) is 8.38. The Kier molecular flexibility index (Phi) is 4.91. The van der Waals surface area contributed by atoms with Crippen molar-refractivity contribution in [2.45, 2.75) is 45.4 Å². The van der Waals surface area contributed by atoms with Crippen LogP contribution in [0.5, 0.6) is 0 Å². The lowest BCUT2D eigenvalue weighted by atomic mass is 10.1. The number of anilines is 1. The van der Waals surface area contributed by atoms with E-state index in [1.54, 1.807) is 11.3 Å². The molecular weight excluding hydrogens is 178 g/mol. The van der Waals surface area contributed by atoms with Crippen LogP contribution in [0.3, 0.4) is 0 Å². The predicted molar refractivity (Wildman–Crippen MR) is 61.2 cm³/mol. The van der Waals surface area contributed by atoms with E-state index in [2.05, 4.69) is 18.4 Å². The predicted octanol–water partition coefficient (Wildman–Crippen LogP) is 3.84. The second-order valence-electron chi connectivity index (χ2n) is 3.47. The Morgan fingerprint density at radius 2 is 2.00 bits per heavy atom. The van der Waals surface area contributed by atoms with Gasteiger partial charge in [0.2, 0.25) is 0 Å². The molecule has 0 saturated heterocycles. The van der Waals surface area contributed by atoms with E-state index < -0.39 is 0 Å². The van der Waals surface area contributed by atoms with Crippen molar-refractivity contribution >= 4 is 16.3 Å². The second kappa shape index (κ2) is 6.03. The van der Waals surface area contributed by atoms with Crippen LogP contribution in [0.4, 0.5) is 5.00 Å². The van der Waals surface area contributed by atoms with Crippen LogP contribution in [0.1, 0.15) is 44.6 Å². The van der Waals surface area contributed by atoms with Gasteiger partial charge in [-0.05, 0) is 29.9 Å². The van der Waals surface area contributed by atoms with Crippen molar-refractivity contribution in [1.82, 2.24) is 0 Å². The molecule has 0 aromatic carbocycles. The highest BCUT2D eigenvalue weighted by Gasteiger charge is 1.99. The van der Waals surface area contributed by atoms with E-state index in [9.17, 15) is 0 Å². The lowest BCUT2D eigenvalue weighted by Gasteiger charge is -1.99. The van der Waals surface area contributed by atoms with Crippen LogP contribution < -0.4 is 5.73 Å². The fourth-order valence-corrected chi connectivity index (χ4v) is 2.17. The summed E-state index contributed by atoms with van der Waals surface area (Å²) in [7, 11) is 0. The number of hydrogen-bond donors (Lipinski definition) is 1. The minimum absolute atomic E-state index is 1.01. The van der Waals surface area contributed by atoms with E-state index in [1.807, 2.05) is 0 Å². The van der Waals surface area contributed by atoms with E-state index in [0.717, 1.165) is 5.00 Å². The summed E-state index contributed by atoms with van der Waals surface area (Å²) >= 11 is 1.65. The summed E-state index contributed by atoms with van der Waals surface area (Å²) in [6, 6.07) is 2.15. The third-order valence-corrected chi connectivity index (χ3v) is 3.12. The number of rotatable bonds is 6. The van der Waals surface area contributed by atoms with E-state index in [-0.39, 0.29) is 0 Å². The third kappa shape index (κ3) is 3.81. The van der Waals surface area contributed by atoms with Gasteiger partial charge in [0.1, 0.15) is 0 Å². The van der Waals surface area contributed by atoms with Crippen LogP contribution in [0.15, 0.2) is 11.4 Å². The van der Waals surface area contributed by atoms with Crippen LogP contribution in [-0.4, -0.2) is 0 Å². The second-order valence-corrected chi connectivity index (χ2v) is 4.42. The van der Waals surface area contributed by atoms with Crippen molar-refractivity contribution in [1.29, 1.82) is 0 Å². The van der Waals surface area contributed by atoms with Crippen LogP contribution in [0.2, 0.25) is 0 Å². The summed E-state index contributed by atoms with van der Waals surface area (Å²) in [6.07, 6.45) is 7.88. The molecule has 0 unspecified atom stereocenters. The smallest absolute Gasteiger partial charge is 0.0888 e. The molecule has 0 aliphatic heterocycles. The zero-order valence-corrected chi connectivity index (χ0v) is 9.20. The van der Waals surface area contributed by atoms with Crippen molar-refractivity contribution in [2.75, 3.05) is 5.73 Å². The van der Waals surface area contributed by atoms with Gasteiger partial charge < -0.3 is 5.73 Å². The van der Waals surface area contributed by atoms with Crippen LogP contribution in [0.25, 0.3) is 0 Å². The molecule has 1 aromatic rings. The first-order valence-electron chi connectivity index (χ1n) is 5.16. The molecular formula is C11H19NS. The standard InChI is InChI=1S/C11H19NS/c1-2-3-4-5-6-7-10-8-9-13-11(10)12/h8-9H,2-7,12H2,1H3. The van der Waals surface area contributed by atoms with Gasteiger partial charge in [-0.1, -0.05) is 32.6 Å². The van der Waals surface area contributed by atoms with E-state index in [4.69, 9.17) is 5.73 Å². The molecule has 0 radical (unpaired) electrons. The molecule has 0 spiro atoms. The van der Waals surface area contributed by atoms with E-state index in [0.29, 0.717) is 0 Å². The number of thiophene rings is 1. The zero-order chi connectivity index (χ0) is 9.52. The first-order valence-corrected chi connectivity index (χ1v) is 6.04. The Bertz CT molecular complexity index is 230. The maximum Gasteiger partial charge on any atom is 0.0888 e. The highest BCUT2D eigenvalue weighted by Crippen LogP contribution is 2.21. The first-order chi connectivity index (χ1) is 6.34. The van der Waals surface area contributed by atoms with Crippen molar-refractivity contribution in [2.24, 2.45) is 0 Å². The fourth-order valence-electron chi connectivity index (χ4n) is 1.47. The molecule has 13 heavy (non-hydrogen) atoms. The molecule has 0 amide bonds. The summed E-state index contributed by atoms with van der Waals surface area (Å²) in [6.45, 7) is 2.25. The number of nitrogen functional groups attached to an aromatic ring is 1. The Labute approximate surface area is 85.0 Å². The fraction of sp³-hybridized carbons (Fsp3) is 0.636. The summed E-state index contributed by atoms with van der Waals surface area (Å²) in [4.78, 5) is 0. The highest BCUT2D eigenvalue weighted by atomic mass is 32.1. The summed E-state index contributed by atoms with van der Waals surface area (Å²) in [5.74, 6) is 0. The van der Waals surface area contributed by atoms with Crippen molar-refractivity contribution in [3.05, 3.63) is 17.0 Å². The molecule has 1 rings (SSSR count). The minimum atomic E-state index is 1.01. The largest absolute Gasteiger partial charge is 0.390 e. The van der Waals surface area contributed by atoms with E-state index in [1.165, 1.54) is 44.1 Å². The van der Waals surface area contributed by atoms with Crippen LogP contribution in [0, 0.1) is 0 Å². The normalized spacial score (nSPS) is 10.5. The van der Waals surface area contributed by atoms with Crippen molar-refractivity contribution in [3.8, 4) is 0 Å². The number of unbranched alkanes of at least 4 members (excludes halogenated alkanes) is 4. The lowest BCUT2D eigenvalue weighted by Crippen LogP contribution is -1.89. The van der Waals surface area contributed by atoms with Crippen molar-refractivity contribution < 1.29 is 0 Å². The molecule has 0 saturated carbocycles. The Morgan fingerprint density at radius 3 is 2.62 bits per heavy atom. The quantitative estimate of drug-likeness (QED) is 0.689. The minimum Gasteiger partial charge on any atom is -0.390 e. The molecule has 2 N–H and O–H groups in total. The van der Waals surface area contributed by atoms with Crippen molar-refractivity contribution in [3.63, 3.8) is 0 Å². The summed E-state index contributed by atoms with van der Waals surface area (Å²) < 4.78 is 0. The van der Waals surface area contributed by atoms with Gasteiger partial charge in [-0.25, -0.2) is 0 Å². The Balaban J connectivity index is 2.10. The van der Waals surface area contributed by atoms with Gasteiger partial charge in [0.05, 0.1) is 5.00 Å². The maximum atomic E-state index is 5.80. The number of hydrogen-bond acceptors (Lipinski definition) is 2. The van der Waals surface area contributed by atoms with Crippen LogP contribution in [-0.2, 0) is 6.42 Å². The molecule has 0 atom stereocenters. The Hall–Kier alpha value is -0.500. The molecule has 74 valence electrons. The third-order valence-electron chi connectivity index (χ3n) is 2.33. The molecule has 0 fully saturated rings. The summed E-state index contributed by atoms with van der Waals surface area (Å²) in [5.41, 5.74) is 7.15. The van der Waals surface area contributed by atoms with Gasteiger partial charge in [-0.3, -0.25) is 0 Å². The molecule has 2 heteroatoms. The molecule has 1 heterocycles. The molecule has 1 nitrogen and oxygen atoms in total. The van der Waals surface area contributed by atoms with Gasteiger partial charge in [0, 0.05) is 0 Å². The van der Waals surface area contributed by atoms with Crippen LogP contribution >= 0.6 is 11.3 Å². The average molecular weight is 197 g/mol. The lowest BCUT2D eigenvalue weighted by molar-refractivity contribution is 0.633. The molecule has 1 aromatic heterocycles. The van der Waals surface area contributed by atoms with E-state index >= 15 is 0 Å². The monoisotopic (exact) mass is 197 g/mol.